The van der Waals surface area contributed by atoms with Crippen molar-refractivity contribution in [1.82, 2.24) is 9.97 Å². The van der Waals surface area contributed by atoms with Crippen molar-refractivity contribution >= 4 is 45.0 Å². The zero-order chi connectivity index (χ0) is 11.1. The van der Waals surface area contributed by atoms with Crippen LogP contribution in [0.4, 0.5) is 0 Å². The average Bonchev–Trinajstić information content (AvgIpc) is 2.31. The molecule has 0 atom stereocenters. The monoisotopic (exact) mass is 248 g/mol. The number of aromatic nitrogens is 2. The molecule has 0 aliphatic rings. The highest BCUT2D eigenvalue weighted by Crippen LogP contribution is 2.28. The van der Waals surface area contributed by atoms with E-state index in [9.17, 15) is 0 Å². The predicted molar refractivity (Wildman–Crippen MR) is 67.1 cm³/mol. The summed E-state index contributed by atoms with van der Waals surface area (Å²) in [5.74, 6) is 0. The third-order valence-corrected chi connectivity index (χ3v) is 3.15. The van der Waals surface area contributed by atoms with Crippen LogP contribution in [0.3, 0.4) is 0 Å². The first kappa shape index (κ1) is 9.82. The summed E-state index contributed by atoms with van der Waals surface area (Å²) in [6, 6.07) is 9.57. The van der Waals surface area contributed by atoms with Gasteiger partial charge in [-0.25, -0.2) is 4.98 Å². The SMILES string of the molecule is Clc1cc2ccc3ncccc3c2nc1Cl. The van der Waals surface area contributed by atoms with Crippen LogP contribution in [0.15, 0.2) is 36.5 Å². The summed E-state index contributed by atoms with van der Waals surface area (Å²) in [5.41, 5.74) is 1.74. The molecule has 1 aromatic carbocycles. The predicted octanol–water partition coefficient (Wildman–Crippen LogP) is 4.09. The summed E-state index contributed by atoms with van der Waals surface area (Å²) in [7, 11) is 0. The van der Waals surface area contributed by atoms with Crippen LogP contribution >= 0.6 is 23.2 Å². The van der Waals surface area contributed by atoms with Crippen molar-refractivity contribution in [2.75, 3.05) is 0 Å². The number of hydrogen-bond donors (Lipinski definition) is 0. The van der Waals surface area contributed by atoms with E-state index in [1.807, 2.05) is 30.3 Å². The molecule has 2 aromatic heterocycles. The third kappa shape index (κ3) is 1.42. The van der Waals surface area contributed by atoms with Crippen molar-refractivity contribution in [3.63, 3.8) is 0 Å². The molecule has 2 heterocycles. The Morgan fingerprint density at radius 3 is 2.81 bits per heavy atom. The Labute approximate surface area is 102 Å². The molecular weight excluding hydrogens is 243 g/mol. The van der Waals surface area contributed by atoms with Crippen molar-refractivity contribution in [2.45, 2.75) is 0 Å². The summed E-state index contributed by atoms with van der Waals surface area (Å²) in [4.78, 5) is 8.56. The minimum absolute atomic E-state index is 0.325. The summed E-state index contributed by atoms with van der Waals surface area (Å²) in [6.45, 7) is 0. The van der Waals surface area contributed by atoms with Gasteiger partial charge >= 0.3 is 0 Å². The van der Waals surface area contributed by atoms with Gasteiger partial charge in [0.2, 0.25) is 0 Å². The van der Waals surface area contributed by atoms with E-state index in [4.69, 9.17) is 23.2 Å². The van der Waals surface area contributed by atoms with Crippen LogP contribution in [-0.4, -0.2) is 9.97 Å². The van der Waals surface area contributed by atoms with Gasteiger partial charge in [0.1, 0.15) is 5.15 Å². The van der Waals surface area contributed by atoms with Gasteiger partial charge in [-0.15, -0.1) is 0 Å². The maximum absolute atomic E-state index is 5.93. The fourth-order valence-electron chi connectivity index (χ4n) is 1.74. The summed E-state index contributed by atoms with van der Waals surface area (Å²) < 4.78 is 0. The molecule has 0 saturated carbocycles. The second-order valence-corrected chi connectivity index (χ2v) is 4.23. The van der Waals surface area contributed by atoms with Crippen molar-refractivity contribution in [2.24, 2.45) is 0 Å². The standard InChI is InChI=1S/C12H6Cl2N2/c13-9-6-7-3-4-10-8(2-1-5-15-10)11(7)16-12(9)14/h1-6H. The van der Waals surface area contributed by atoms with E-state index in [0.29, 0.717) is 10.2 Å². The summed E-state index contributed by atoms with van der Waals surface area (Å²) in [6.07, 6.45) is 1.76. The van der Waals surface area contributed by atoms with E-state index in [1.54, 1.807) is 6.20 Å². The van der Waals surface area contributed by atoms with Crippen molar-refractivity contribution in [3.8, 4) is 0 Å². The molecule has 0 spiro atoms. The smallest absolute Gasteiger partial charge is 0.148 e. The Kier molecular flexibility index (Phi) is 2.20. The molecule has 0 fully saturated rings. The molecule has 3 aromatic rings. The van der Waals surface area contributed by atoms with E-state index in [-0.39, 0.29) is 0 Å². The number of halogens is 2. The minimum Gasteiger partial charge on any atom is -0.256 e. The van der Waals surface area contributed by atoms with Crippen molar-refractivity contribution in [3.05, 3.63) is 46.7 Å². The number of pyridine rings is 2. The first-order valence-corrected chi connectivity index (χ1v) is 5.51. The van der Waals surface area contributed by atoms with Gasteiger partial charge in [0, 0.05) is 17.0 Å². The van der Waals surface area contributed by atoms with Gasteiger partial charge in [-0.1, -0.05) is 29.3 Å². The Hall–Kier alpha value is -1.38. The molecule has 0 unspecified atom stereocenters. The maximum Gasteiger partial charge on any atom is 0.148 e. The Balaban J connectivity index is 2.55. The van der Waals surface area contributed by atoms with Crippen LogP contribution in [0, 0.1) is 0 Å². The van der Waals surface area contributed by atoms with Crippen LogP contribution < -0.4 is 0 Å². The molecule has 0 N–H and O–H groups in total. The molecular formula is C12H6Cl2N2. The molecule has 0 saturated heterocycles. The molecule has 2 nitrogen and oxygen atoms in total. The second kappa shape index (κ2) is 3.58. The zero-order valence-electron chi connectivity index (χ0n) is 8.11. The van der Waals surface area contributed by atoms with Crippen LogP contribution in [0.5, 0.6) is 0 Å². The van der Waals surface area contributed by atoms with Crippen LogP contribution in [0.1, 0.15) is 0 Å². The number of fused-ring (bicyclic) bond motifs is 3. The first-order valence-electron chi connectivity index (χ1n) is 4.75. The Morgan fingerprint density at radius 1 is 1.06 bits per heavy atom. The van der Waals surface area contributed by atoms with Crippen LogP contribution in [-0.2, 0) is 0 Å². The van der Waals surface area contributed by atoms with E-state index in [1.165, 1.54) is 0 Å². The second-order valence-electron chi connectivity index (χ2n) is 3.47. The topological polar surface area (TPSA) is 25.8 Å². The van der Waals surface area contributed by atoms with E-state index in [0.717, 1.165) is 21.8 Å². The average molecular weight is 249 g/mol. The Morgan fingerprint density at radius 2 is 1.94 bits per heavy atom. The third-order valence-electron chi connectivity index (χ3n) is 2.48. The molecule has 0 aliphatic heterocycles. The van der Waals surface area contributed by atoms with Crippen LogP contribution in [0.25, 0.3) is 21.8 Å². The number of nitrogens with zero attached hydrogens (tertiary/aromatic N) is 2. The number of benzene rings is 1. The molecule has 78 valence electrons. The van der Waals surface area contributed by atoms with E-state index < -0.39 is 0 Å². The fraction of sp³-hybridized carbons (Fsp3) is 0. The van der Waals surface area contributed by atoms with Crippen LogP contribution in [0.2, 0.25) is 10.2 Å². The molecule has 0 amide bonds. The maximum atomic E-state index is 5.93. The lowest BCUT2D eigenvalue weighted by Crippen LogP contribution is -1.85. The van der Waals surface area contributed by atoms with E-state index in [2.05, 4.69) is 9.97 Å². The zero-order valence-corrected chi connectivity index (χ0v) is 9.63. The largest absolute Gasteiger partial charge is 0.256 e. The lowest BCUT2D eigenvalue weighted by molar-refractivity contribution is 1.39. The molecule has 0 radical (unpaired) electrons. The van der Waals surface area contributed by atoms with Gasteiger partial charge in [0.25, 0.3) is 0 Å². The normalized spacial score (nSPS) is 11.1. The number of hydrogen-bond acceptors (Lipinski definition) is 2. The molecule has 0 aliphatic carbocycles. The quantitative estimate of drug-likeness (QED) is 0.443. The minimum atomic E-state index is 0.325. The molecule has 3 rings (SSSR count). The van der Waals surface area contributed by atoms with Gasteiger partial charge in [0.15, 0.2) is 0 Å². The number of rotatable bonds is 0. The summed E-state index contributed by atoms with van der Waals surface area (Å²) in [5, 5.41) is 2.75. The fourth-order valence-corrected chi connectivity index (χ4v) is 2.04. The first-order chi connectivity index (χ1) is 7.75. The molecule has 0 bridgehead atoms. The lowest BCUT2D eigenvalue weighted by atomic mass is 10.1. The highest BCUT2D eigenvalue weighted by atomic mass is 35.5. The highest BCUT2D eigenvalue weighted by molar-refractivity contribution is 6.42. The van der Waals surface area contributed by atoms with Gasteiger partial charge in [-0.3, -0.25) is 4.98 Å². The Bertz CT molecular complexity index is 695. The van der Waals surface area contributed by atoms with Gasteiger partial charge in [0.05, 0.1) is 16.1 Å². The van der Waals surface area contributed by atoms with Crippen molar-refractivity contribution < 1.29 is 0 Å². The lowest BCUT2D eigenvalue weighted by Gasteiger charge is -2.03. The van der Waals surface area contributed by atoms with Gasteiger partial charge < -0.3 is 0 Å². The van der Waals surface area contributed by atoms with Gasteiger partial charge in [-0.05, 0) is 24.3 Å². The van der Waals surface area contributed by atoms with Crippen molar-refractivity contribution in [1.29, 1.82) is 0 Å². The molecule has 4 heteroatoms. The molecule has 16 heavy (non-hydrogen) atoms. The van der Waals surface area contributed by atoms with E-state index >= 15 is 0 Å². The summed E-state index contributed by atoms with van der Waals surface area (Å²) >= 11 is 11.9. The van der Waals surface area contributed by atoms with Gasteiger partial charge in [-0.2, -0.15) is 0 Å². The highest BCUT2D eigenvalue weighted by Gasteiger charge is 2.06.